The Bertz CT molecular complexity index is 758. The molecule has 3 nitrogen and oxygen atoms in total. The molecule has 0 spiro atoms. The van der Waals surface area contributed by atoms with Crippen molar-refractivity contribution in [2.24, 2.45) is 16.8 Å². The Hall–Kier alpha value is -1.35. The van der Waals surface area contributed by atoms with Crippen molar-refractivity contribution in [3.05, 3.63) is 28.8 Å². The molecule has 1 aliphatic carbocycles. The van der Waals surface area contributed by atoms with Crippen LogP contribution in [0.15, 0.2) is 23.2 Å². The molecule has 2 saturated heterocycles. The van der Waals surface area contributed by atoms with Crippen LogP contribution in [0.4, 0.5) is 5.69 Å². The summed E-state index contributed by atoms with van der Waals surface area (Å²) in [6.07, 6.45) is 6.07. The van der Waals surface area contributed by atoms with Crippen LogP contribution in [0.1, 0.15) is 51.0 Å². The first-order chi connectivity index (χ1) is 11.7. The highest BCUT2D eigenvalue weighted by atomic mass is 35.5. The number of rotatable bonds is 1. The lowest BCUT2D eigenvalue weighted by Crippen LogP contribution is -2.56. The van der Waals surface area contributed by atoms with E-state index in [-0.39, 0.29) is 5.41 Å². The summed E-state index contributed by atoms with van der Waals surface area (Å²) in [5.41, 5.74) is 3.65. The molecule has 0 bridgehead atoms. The van der Waals surface area contributed by atoms with Crippen LogP contribution in [0.5, 0.6) is 0 Å². The van der Waals surface area contributed by atoms with Gasteiger partial charge in [0.1, 0.15) is 0 Å². The highest BCUT2D eigenvalue weighted by Gasteiger charge is 2.59. The molecule has 4 atom stereocenters. The molecule has 126 valence electrons. The Morgan fingerprint density at radius 2 is 2.25 bits per heavy atom. The molecule has 4 heteroatoms. The first-order valence-electron chi connectivity index (χ1n) is 9.33. The molecular formula is C20H23ClN2O. The van der Waals surface area contributed by atoms with Crippen molar-refractivity contribution in [3.63, 3.8) is 0 Å². The minimum atomic E-state index is -0.00535. The number of benzene rings is 1. The molecule has 24 heavy (non-hydrogen) atoms. The number of hydrogen-bond donors (Lipinski definition) is 0. The van der Waals surface area contributed by atoms with Gasteiger partial charge in [-0.2, -0.15) is 0 Å². The summed E-state index contributed by atoms with van der Waals surface area (Å²) in [6, 6.07) is 6.66. The average Bonchev–Trinajstić information content (AvgIpc) is 3.09. The zero-order chi connectivity index (χ0) is 16.5. The van der Waals surface area contributed by atoms with Gasteiger partial charge in [0.25, 0.3) is 0 Å². The molecule has 1 saturated carbocycles. The van der Waals surface area contributed by atoms with Crippen LogP contribution in [-0.2, 0) is 10.2 Å². The van der Waals surface area contributed by atoms with Crippen LogP contribution in [0.3, 0.4) is 0 Å². The SMILES string of the molecule is CCC12C(=Nc3c(Cl)cccc31)C[C@@H]1CCN3C(=O)CCC[C@H]2[C@H]13. The largest absolute Gasteiger partial charge is 0.339 e. The maximum absolute atomic E-state index is 12.6. The number of halogens is 1. The fourth-order valence-corrected chi connectivity index (χ4v) is 6.41. The number of nitrogens with zero attached hydrogens (tertiary/aromatic N) is 2. The van der Waals surface area contributed by atoms with E-state index >= 15 is 0 Å². The Labute approximate surface area is 148 Å². The number of hydrogen-bond acceptors (Lipinski definition) is 2. The second kappa shape index (κ2) is 5.08. The highest BCUT2D eigenvalue weighted by molar-refractivity contribution is 6.33. The number of fused-ring (bicyclic) bond motifs is 4. The van der Waals surface area contributed by atoms with Gasteiger partial charge in [0.05, 0.1) is 10.7 Å². The van der Waals surface area contributed by atoms with Gasteiger partial charge in [-0.3, -0.25) is 9.79 Å². The summed E-state index contributed by atoms with van der Waals surface area (Å²) in [5, 5.41) is 0.772. The van der Waals surface area contributed by atoms with Gasteiger partial charge < -0.3 is 4.90 Å². The third-order valence-electron chi connectivity index (χ3n) is 7.10. The molecule has 0 aromatic heterocycles. The molecule has 0 N–H and O–H groups in total. The van der Waals surface area contributed by atoms with Gasteiger partial charge in [-0.15, -0.1) is 0 Å². The predicted octanol–water partition coefficient (Wildman–Crippen LogP) is 4.49. The lowest BCUT2D eigenvalue weighted by molar-refractivity contribution is -0.132. The molecular weight excluding hydrogens is 320 g/mol. The van der Waals surface area contributed by atoms with Gasteiger partial charge in [-0.05, 0) is 55.6 Å². The second-order valence-electron chi connectivity index (χ2n) is 7.85. The minimum Gasteiger partial charge on any atom is -0.339 e. The summed E-state index contributed by atoms with van der Waals surface area (Å²) < 4.78 is 0. The van der Waals surface area contributed by atoms with Gasteiger partial charge >= 0.3 is 0 Å². The lowest BCUT2D eigenvalue weighted by Gasteiger charge is -2.49. The number of para-hydroxylation sites is 1. The third-order valence-corrected chi connectivity index (χ3v) is 7.40. The Morgan fingerprint density at radius 1 is 1.38 bits per heavy atom. The topological polar surface area (TPSA) is 32.7 Å². The van der Waals surface area contributed by atoms with E-state index in [1.165, 1.54) is 11.3 Å². The van der Waals surface area contributed by atoms with Crippen molar-refractivity contribution in [3.8, 4) is 0 Å². The van der Waals surface area contributed by atoms with Crippen molar-refractivity contribution in [2.75, 3.05) is 6.54 Å². The van der Waals surface area contributed by atoms with E-state index in [0.29, 0.717) is 30.2 Å². The van der Waals surface area contributed by atoms with Crippen molar-refractivity contribution in [1.29, 1.82) is 0 Å². The van der Waals surface area contributed by atoms with E-state index in [0.717, 1.165) is 49.4 Å². The zero-order valence-corrected chi connectivity index (χ0v) is 14.9. The van der Waals surface area contributed by atoms with E-state index in [2.05, 4.69) is 24.0 Å². The van der Waals surface area contributed by atoms with Crippen LogP contribution in [0.2, 0.25) is 5.02 Å². The normalized spacial score (nSPS) is 36.8. The van der Waals surface area contributed by atoms with Gasteiger partial charge in [-0.1, -0.05) is 30.7 Å². The van der Waals surface area contributed by atoms with E-state index < -0.39 is 0 Å². The summed E-state index contributed by atoms with van der Waals surface area (Å²) in [4.78, 5) is 19.9. The van der Waals surface area contributed by atoms with Gasteiger partial charge in [0.15, 0.2) is 0 Å². The van der Waals surface area contributed by atoms with E-state index in [4.69, 9.17) is 16.6 Å². The van der Waals surface area contributed by atoms with Crippen LogP contribution in [0, 0.1) is 11.8 Å². The van der Waals surface area contributed by atoms with Gasteiger partial charge in [0.2, 0.25) is 5.91 Å². The Kier molecular flexibility index (Phi) is 3.16. The minimum absolute atomic E-state index is 0.00535. The Balaban J connectivity index is 1.72. The second-order valence-corrected chi connectivity index (χ2v) is 8.26. The summed E-state index contributed by atoms with van der Waals surface area (Å²) >= 11 is 6.49. The molecule has 4 aliphatic rings. The number of aliphatic imine (C=N–C) groups is 1. The van der Waals surface area contributed by atoms with E-state index in [1.807, 2.05) is 6.07 Å². The highest BCUT2D eigenvalue weighted by Crippen LogP contribution is 2.59. The van der Waals surface area contributed by atoms with Crippen molar-refractivity contribution in [1.82, 2.24) is 4.90 Å². The molecule has 1 unspecified atom stereocenters. The van der Waals surface area contributed by atoms with Gasteiger partial charge in [0, 0.05) is 30.1 Å². The fraction of sp³-hybridized carbons (Fsp3) is 0.600. The van der Waals surface area contributed by atoms with Crippen LogP contribution >= 0.6 is 11.6 Å². The first-order valence-corrected chi connectivity index (χ1v) is 9.71. The van der Waals surface area contributed by atoms with Crippen molar-refractivity contribution >= 4 is 28.9 Å². The average molecular weight is 343 g/mol. The lowest BCUT2D eigenvalue weighted by atomic mass is 9.56. The smallest absolute Gasteiger partial charge is 0.222 e. The van der Waals surface area contributed by atoms with Crippen molar-refractivity contribution in [2.45, 2.75) is 56.9 Å². The molecule has 1 aromatic carbocycles. The monoisotopic (exact) mass is 342 g/mol. The van der Waals surface area contributed by atoms with Gasteiger partial charge in [-0.25, -0.2) is 0 Å². The molecule has 0 radical (unpaired) electrons. The van der Waals surface area contributed by atoms with E-state index in [1.54, 1.807) is 0 Å². The third kappa shape index (κ3) is 1.69. The molecule has 3 fully saturated rings. The molecule has 1 amide bonds. The predicted molar refractivity (Wildman–Crippen MR) is 96.1 cm³/mol. The molecule has 3 aliphatic heterocycles. The standard InChI is InChI=1S/C20H23ClN2O/c1-2-20-13-5-3-7-15(21)18(13)22-16(20)11-12-9-10-23-17(24)8-4-6-14(20)19(12)23/h3,5,7,12,14,19H,2,4,6,8-11H2,1H3/t12-,14-,19-,20?/m0/s1. The quantitative estimate of drug-likeness (QED) is 0.739. The number of amides is 1. The number of carbonyl (C=O) groups is 1. The van der Waals surface area contributed by atoms with Crippen LogP contribution in [-0.4, -0.2) is 29.1 Å². The van der Waals surface area contributed by atoms with E-state index in [9.17, 15) is 4.79 Å². The fourth-order valence-electron chi connectivity index (χ4n) is 6.19. The van der Waals surface area contributed by atoms with Crippen LogP contribution in [0.25, 0.3) is 0 Å². The molecule has 5 rings (SSSR count). The van der Waals surface area contributed by atoms with Crippen molar-refractivity contribution < 1.29 is 4.79 Å². The Morgan fingerprint density at radius 3 is 3.08 bits per heavy atom. The summed E-state index contributed by atoms with van der Waals surface area (Å²) in [6.45, 7) is 3.23. The molecule has 1 aromatic rings. The first kappa shape index (κ1) is 14.9. The molecule has 3 heterocycles. The summed E-state index contributed by atoms with van der Waals surface area (Å²) in [5.74, 6) is 1.46. The zero-order valence-electron chi connectivity index (χ0n) is 14.1. The maximum Gasteiger partial charge on any atom is 0.222 e. The number of carbonyl (C=O) groups excluding carboxylic acids is 1. The maximum atomic E-state index is 12.6. The summed E-state index contributed by atoms with van der Waals surface area (Å²) in [7, 11) is 0. The van der Waals surface area contributed by atoms with Crippen LogP contribution < -0.4 is 0 Å².